The van der Waals surface area contributed by atoms with E-state index in [1.807, 2.05) is 0 Å². The number of ether oxygens (including phenoxy) is 2. The molecule has 0 aliphatic carbocycles. The molecular formula is C11H18O5. The molecule has 0 aromatic carbocycles. The lowest BCUT2D eigenvalue weighted by molar-refractivity contribution is -0.149. The molecule has 0 fully saturated rings. The summed E-state index contributed by atoms with van der Waals surface area (Å²) in [7, 11) is 0. The van der Waals surface area contributed by atoms with E-state index in [0.29, 0.717) is 12.8 Å². The average Bonchev–Trinajstić information content (AvgIpc) is 2.29. The third kappa shape index (κ3) is 9.21. The van der Waals surface area contributed by atoms with E-state index in [1.54, 1.807) is 0 Å². The molecule has 0 unspecified atom stereocenters. The molecule has 0 radical (unpaired) electrons. The Labute approximate surface area is 95.0 Å². The SMILES string of the molecule is C=CCOC(=O)CCC(=O)OCCCCO. The van der Waals surface area contributed by atoms with Crippen molar-refractivity contribution >= 4 is 11.9 Å². The number of unbranched alkanes of at least 4 members (excludes halogenated alkanes) is 1. The Morgan fingerprint density at radius 3 is 2.31 bits per heavy atom. The number of esters is 2. The zero-order valence-corrected chi connectivity index (χ0v) is 9.31. The molecule has 0 saturated heterocycles. The summed E-state index contributed by atoms with van der Waals surface area (Å²) in [6, 6.07) is 0. The van der Waals surface area contributed by atoms with Crippen molar-refractivity contribution in [3.8, 4) is 0 Å². The summed E-state index contributed by atoms with van der Waals surface area (Å²) >= 11 is 0. The predicted octanol–water partition coefficient (Wildman–Crippen LogP) is 0.811. The van der Waals surface area contributed by atoms with Crippen LogP contribution < -0.4 is 0 Å². The van der Waals surface area contributed by atoms with Crippen molar-refractivity contribution in [3.05, 3.63) is 12.7 Å². The Bertz CT molecular complexity index is 224. The first-order chi connectivity index (χ1) is 7.70. The number of carbonyl (C=O) groups excluding carboxylic acids is 2. The van der Waals surface area contributed by atoms with Gasteiger partial charge in [0.05, 0.1) is 19.4 Å². The Hall–Kier alpha value is -1.36. The molecule has 16 heavy (non-hydrogen) atoms. The van der Waals surface area contributed by atoms with Gasteiger partial charge in [0.25, 0.3) is 0 Å². The molecule has 0 atom stereocenters. The van der Waals surface area contributed by atoms with Crippen LogP contribution in [0.4, 0.5) is 0 Å². The van der Waals surface area contributed by atoms with Crippen LogP contribution >= 0.6 is 0 Å². The maximum atomic E-state index is 11.1. The monoisotopic (exact) mass is 230 g/mol. The minimum atomic E-state index is -0.438. The van der Waals surface area contributed by atoms with Crippen LogP contribution in [0.3, 0.4) is 0 Å². The van der Waals surface area contributed by atoms with Gasteiger partial charge >= 0.3 is 11.9 Å². The van der Waals surface area contributed by atoms with E-state index in [0.717, 1.165) is 0 Å². The zero-order valence-electron chi connectivity index (χ0n) is 9.31. The van der Waals surface area contributed by atoms with Gasteiger partial charge in [0.2, 0.25) is 0 Å². The predicted molar refractivity (Wildman–Crippen MR) is 57.7 cm³/mol. The van der Waals surface area contributed by atoms with Crippen LogP contribution in [0.25, 0.3) is 0 Å². The quantitative estimate of drug-likeness (QED) is 0.360. The maximum Gasteiger partial charge on any atom is 0.306 e. The van der Waals surface area contributed by atoms with Crippen molar-refractivity contribution in [1.82, 2.24) is 0 Å². The molecule has 0 heterocycles. The first-order valence-corrected chi connectivity index (χ1v) is 5.23. The summed E-state index contributed by atoms with van der Waals surface area (Å²) in [6.07, 6.45) is 2.74. The Balaban J connectivity index is 3.42. The van der Waals surface area contributed by atoms with E-state index in [4.69, 9.17) is 9.84 Å². The second-order valence-electron chi connectivity index (χ2n) is 3.12. The highest BCUT2D eigenvalue weighted by Crippen LogP contribution is 1.97. The van der Waals surface area contributed by atoms with Gasteiger partial charge in [0.1, 0.15) is 6.61 Å². The first-order valence-electron chi connectivity index (χ1n) is 5.23. The molecule has 92 valence electrons. The number of hydrogen-bond donors (Lipinski definition) is 1. The standard InChI is InChI=1S/C11H18O5/c1-2-8-15-10(13)5-6-11(14)16-9-4-3-7-12/h2,12H,1,3-9H2. The van der Waals surface area contributed by atoms with Gasteiger partial charge in [0, 0.05) is 6.61 Å². The van der Waals surface area contributed by atoms with Crippen molar-refractivity contribution in [2.24, 2.45) is 0 Å². The number of aliphatic hydroxyl groups is 1. The summed E-state index contributed by atoms with van der Waals surface area (Å²) in [4.78, 5) is 22.0. The molecule has 0 aliphatic rings. The number of rotatable bonds is 9. The van der Waals surface area contributed by atoms with Gasteiger partial charge in [-0.3, -0.25) is 9.59 Å². The summed E-state index contributed by atoms with van der Waals surface area (Å²) in [5, 5.41) is 8.48. The Kier molecular flexibility index (Phi) is 9.30. The van der Waals surface area contributed by atoms with E-state index in [-0.39, 0.29) is 32.7 Å². The number of hydrogen-bond acceptors (Lipinski definition) is 5. The molecule has 0 amide bonds. The molecule has 1 N–H and O–H groups in total. The van der Waals surface area contributed by atoms with Gasteiger partial charge in [0.15, 0.2) is 0 Å². The molecule has 5 heteroatoms. The lowest BCUT2D eigenvalue weighted by Gasteiger charge is -2.04. The van der Waals surface area contributed by atoms with E-state index >= 15 is 0 Å². The van der Waals surface area contributed by atoms with Crippen LogP contribution in [0.15, 0.2) is 12.7 Å². The smallest absolute Gasteiger partial charge is 0.306 e. The van der Waals surface area contributed by atoms with Crippen LogP contribution in [0.1, 0.15) is 25.7 Å². The summed E-state index contributed by atoms with van der Waals surface area (Å²) < 4.78 is 9.51. The molecule has 0 aromatic heterocycles. The van der Waals surface area contributed by atoms with Gasteiger partial charge in [-0.25, -0.2) is 0 Å². The van der Waals surface area contributed by atoms with Crippen LogP contribution in [-0.2, 0) is 19.1 Å². The molecule has 0 saturated carbocycles. The molecule has 0 aromatic rings. The average molecular weight is 230 g/mol. The van der Waals surface area contributed by atoms with E-state index < -0.39 is 11.9 Å². The van der Waals surface area contributed by atoms with Crippen molar-refractivity contribution in [1.29, 1.82) is 0 Å². The Morgan fingerprint density at radius 2 is 1.75 bits per heavy atom. The van der Waals surface area contributed by atoms with Gasteiger partial charge in [-0.15, -0.1) is 0 Å². The summed E-state index contributed by atoms with van der Waals surface area (Å²) in [6.45, 7) is 3.92. The van der Waals surface area contributed by atoms with E-state index in [1.165, 1.54) is 6.08 Å². The molecule has 0 rings (SSSR count). The van der Waals surface area contributed by atoms with Crippen molar-refractivity contribution < 1.29 is 24.2 Å². The van der Waals surface area contributed by atoms with Crippen molar-refractivity contribution in [2.75, 3.05) is 19.8 Å². The normalized spacial score (nSPS) is 9.56. The van der Waals surface area contributed by atoms with Gasteiger partial charge < -0.3 is 14.6 Å². The topological polar surface area (TPSA) is 72.8 Å². The summed E-state index contributed by atoms with van der Waals surface area (Å²) in [5.74, 6) is -0.860. The zero-order chi connectivity index (χ0) is 12.2. The minimum absolute atomic E-state index is 0.0205. The van der Waals surface area contributed by atoms with Gasteiger partial charge in [-0.1, -0.05) is 12.7 Å². The fourth-order valence-electron chi connectivity index (χ4n) is 0.900. The molecule has 0 bridgehead atoms. The fourth-order valence-corrected chi connectivity index (χ4v) is 0.900. The number of aliphatic hydroxyl groups excluding tert-OH is 1. The van der Waals surface area contributed by atoms with Gasteiger partial charge in [-0.2, -0.15) is 0 Å². The second kappa shape index (κ2) is 10.2. The second-order valence-corrected chi connectivity index (χ2v) is 3.12. The van der Waals surface area contributed by atoms with Crippen molar-refractivity contribution in [3.63, 3.8) is 0 Å². The third-order valence-corrected chi connectivity index (χ3v) is 1.71. The minimum Gasteiger partial charge on any atom is -0.466 e. The highest BCUT2D eigenvalue weighted by molar-refractivity contribution is 5.77. The molecule has 0 aliphatic heterocycles. The third-order valence-electron chi connectivity index (χ3n) is 1.71. The Morgan fingerprint density at radius 1 is 1.12 bits per heavy atom. The number of carbonyl (C=O) groups is 2. The van der Waals surface area contributed by atoms with Gasteiger partial charge in [-0.05, 0) is 12.8 Å². The highest BCUT2D eigenvalue weighted by Gasteiger charge is 2.08. The molecular weight excluding hydrogens is 212 g/mol. The summed E-state index contributed by atoms with van der Waals surface area (Å²) in [5.41, 5.74) is 0. The van der Waals surface area contributed by atoms with Crippen molar-refractivity contribution in [2.45, 2.75) is 25.7 Å². The van der Waals surface area contributed by atoms with Crippen LogP contribution in [-0.4, -0.2) is 36.9 Å². The molecule has 0 spiro atoms. The first kappa shape index (κ1) is 14.6. The maximum absolute atomic E-state index is 11.1. The van der Waals surface area contributed by atoms with Crippen LogP contribution in [0.5, 0.6) is 0 Å². The van der Waals surface area contributed by atoms with E-state index in [9.17, 15) is 9.59 Å². The highest BCUT2D eigenvalue weighted by atomic mass is 16.5. The fraction of sp³-hybridized carbons (Fsp3) is 0.636. The lowest BCUT2D eigenvalue weighted by Crippen LogP contribution is -2.11. The largest absolute Gasteiger partial charge is 0.466 e. The van der Waals surface area contributed by atoms with Crippen LogP contribution in [0.2, 0.25) is 0 Å². The van der Waals surface area contributed by atoms with Crippen LogP contribution in [0, 0.1) is 0 Å². The van der Waals surface area contributed by atoms with E-state index in [2.05, 4.69) is 11.3 Å². The lowest BCUT2D eigenvalue weighted by atomic mass is 10.3. The molecule has 5 nitrogen and oxygen atoms in total.